The standard InChI is InChI=1S/C27H34N2O5/c1-3-5-11-18(16-25(30)29-24(10-4-2)26(31)32)28-27(33)34-17-23-21-14-8-6-12-19(21)20-13-7-9-15-22(20)23/h6-9,12-15,18,23-24H,3-5,10-11,16-17H2,1-2H3,(H,28,33)(H,29,30)(H,31,32)/t18-,24-/m1/s1. The highest BCUT2D eigenvalue weighted by molar-refractivity contribution is 5.84. The minimum atomic E-state index is -1.05. The van der Waals surface area contributed by atoms with Crippen LogP contribution in [0.25, 0.3) is 11.1 Å². The summed E-state index contributed by atoms with van der Waals surface area (Å²) in [6.07, 6.45) is 2.81. The molecular formula is C27H34N2O5. The van der Waals surface area contributed by atoms with E-state index in [2.05, 4.69) is 34.9 Å². The van der Waals surface area contributed by atoms with Gasteiger partial charge < -0.3 is 20.5 Å². The molecule has 1 aliphatic carbocycles. The Morgan fingerprint density at radius 3 is 2.09 bits per heavy atom. The number of carboxylic acid groups (broad SMARTS) is 1. The molecule has 0 fully saturated rings. The van der Waals surface area contributed by atoms with E-state index in [-0.39, 0.29) is 24.9 Å². The molecule has 0 aromatic heterocycles. The third kappa shape index (κ3) is 6.37. The molecule has 3 N–H and O–H groups in total. The van der Waals surface area contributed by atoms with Crippen LogP contribution in [0, 0.1) is 0 Å². The number of unbranched alkanes of at least 4 members (excludes halogenated alkanes) is 1. The first kappa shape index (κ1) is 25.3. The minimum absolute atomic E-state index is 0.0116. The SMILES string of the molecule is CCCC[C@H](CC(=O)N[C@H](CCC)C(=O)O)NC(=O)OCC1c2ccccc2-c2ccccc21. The molecule has 0 spiro atoms. The summed E-state index contributed by atoms with van der Waals surface area (Å²) in [7, 11) is 0. The smallest absolute Gasteiger partial charge is 0.407 e. The first-order chi connectivity index (χ1) is 16.4. The van der Waals surface area contributed by atoms with Gasteiger partial charge in [-0.1, -0.05) is 81.6 Å². The van der Waals surface area contributed by atoms with Crippen LogP contribution in [0.1, 0.15) is 69.4 Å². The van der Waals surface area contributed by atoms with Crippen molar-refractivity contribution in [3.63, 3.8) is 0 Å². The van der Waals surface area contributed by atoms with Crippen LogP contribution in [0.15, 0.2) is 48.5 Å². The lowest BCUT2D eigenvalue weighted by atomic mass is 9.98. The highest BCUT2D eigenvalue weighted by atomic mass is 16.5. The second kappa shape index (κ2) is 12.2. The number of aliphatic carboxylic acids is 1. The Morgan fingerprint density at radius 2 is 1.53 bits per heavy atom. The van der Waals surface area contributed by atoms with Gasteiger partial charge in [0.25, 0.3) is 0 Å². The summed E-state index contributed by atoms with van der Waals surface area (Å²) < 4.78 is 5.61. The molecule has 0 heterocycles. The maximum absolute atomic E-state index is 12.7. The predicted molar refractivity (Wildman–Crippen MR) is 131 cm³/mol. The van der Waals surface area contributed by atoms with Crippen LogP contribution < -0.4 is 10.6 Å². The van der Waals surface area contributed by atoms with Crippen molar-refractivity contribution in [2.75, 3.05) is 6.61 Å². The van der Waals surface area contributed by atoms with Gasteiger partial charge in [-0.15, -0.1) is 0 Å². The average molecular weight is 467 g/mol. The van der Waals surface area contributed by atoms with Gasteiger partial charge in [0.15, 0.2) is 0 Å². The van der Waals surface area contributed by atoms with E-state index in [1.54, 1.807) is 0 Å². The monoisotopic (exact) mass is 466 g/mol. The fourth-order valence-electron chi connectivity index (χ4n) is 4.51. The number of rotatable bonds is 12. The van der Waals surface area contributed by atoms with Crippen LogP contribution in [0.5, 0.6) is 0 Å². The fraction of sp³-hybridized carbons (Fsp3) is 0.444. The van der Waals surface area contributed by atoms with E-state index in [9.17, 15) is 19.5 Å². The second-order valence-electron chi connectivity index (χ2n) is 8.76. The third-order valence-corrected chi connectivity index (χ3v) is 6.21. The number of hydrogen-bond acceptors (Lipinski definition) is 4. The minimum Gasteiger partial charge on any atom is -0.480 e. The molecule has 2 aromatic rings. The number of hydrogen-bond donors (Lipinski definition) is 3. The van der Waals surface area contributed by atoms with Crippen molar-refractivity contribution in [1.29, 1.82) is 0 Å². The molecule has 0 saturated carbocycles. The molecule has 0 radical (unpaired) electrons. The van der Waals surface area contributed by atoms with Crippen LogP contribution in [-0.2, 0) is 14.3 Å². The largest absolute Gasteiger partial charge is 0.480 e. The van der Waals surface area contributed by atoms with E-state index >= 15 is 0 Å². The van der Waals surface area contributed by atoms with Crippen LogP contribution in [0.2, 0.25) is 0 Å². The van der Waals surface area contributed by atoms with Crippen molar-refractivity contribution in [3.05, 3.63) is 59.7 Å². The zero-order valence-electron chi connectivity index (χ0n) is 19.9. The molecule has 0 bridgehead atoms. The van der Waals surface area contributed by atoms with Crippen LogP contribution in [0.4, 0.5) is 4.79 Å². The number of amides is 2. The molecule has 7 heteroatoms. The highest BCUT2D eigenvalue weighted by Gasteiger charge is 2.29. The molecular weight excluding hydrogens is 432 g/mol. The normalized spacial score (nSPS) is 13.9. The molecule has 3 rings (SSSR count). The maximum atomic E-state index is 12.7. The van der Waals surface area contributed by atoms with Crippen molar-refractivity contribution in [3.8, 4) is 11.1 Å². The molecule has 0 aliphatic heterocycles. The van der Waals surface area contributed by atoms with E-state index in [1.165, 1.54) is 0 Å². The summed E-state index contributed by atoms with van der Waals surface area (Å²) >= 11 is 0. The molecule has 34 heavy (non-hydrogen) atoms. The summed E-state index contributed by atoms with van der Waals surface area (Å²) in [5, 5.41) is 14.7. The molecule has 182 valence electrons. The van der Waals surface area contributed by atoms with E-state index in [0.717, 1.165) is 35.1 Å². The summed E-state index contributed by atoms with van der Waals surface area (Å²) in [6.45, 7) is 4.10. The Kier molecular flexibility index (Phi) is 9.08. The number of nitrogens with one attached hydrogen (secondary N) is 2. The van der Waals surface area contributed by atoms with Gasteiger partial charge in [0.05, 0.1) is 0 Å². The number of carbonyl (C=O) groups excluding carboxylic acids is 2. The van der Waals surface area contributed by atoms with Crippen molar-refractivity contribution in [1.82, 2.24) is 10.6 Å². The van der Waals surface area contributed by atoms with Crippen molar-refractivity contribution in [2.24, 2.45) is 0 Å². The lowest BCUT2D eigenvalue weighted by Crippen LogP contribution is -2.44. The topological polar surface area (TPSA) is 105 Å². The number of alkyl carbamates (subject to hydrolysis) is 1. The fourth-order valence-corrected chi connectivity index (χ4v) is 4.51. The van der Waals surface area contributed by atoms with Crippen molar-refractivity contribution >= 4 is 18.0 Å². The average Bonchev–Trinajstić information content (AvgIpc) is 3.14. The quantitative estimate of drug-likeness (QED) is 0.415. The number of fused-ring (bicyclic) bond motifs is 3. The first-order valence-corrected chi connectivity index (χ1v) is 12.1. The van der Waals surface area contributed by atoms with Crippen LogP contribution in [0.3, 0.4) is 0 Å². The summed E-state index contributed by atoms with van der Waals surface area (Å²) in [6, 6.07) is 14.9. The van der Waals surface area contributed by atoms with Gasteiger partial charge in [0.2, 0.25) is 5.91 Å². The van der Waals surface area contributed by atoms with Gasteiger partial charge in [0.1, 0.15) is 12.6 Å². The Hall–Kier alpha value is -3.35. The summed E-state index contributed by atoms with van der Waals surface area (Å²) in [4.78, 5) is 36.5. The van der Waals surface area contributed by atoms with E-state index in [0.29, 0.717) is 19.3 Å². The number of ether oxygens (including phenoxy) is 1. The van der Waals surface area contributed by atoms with Crippen LogP contribution in [-0.4, -0.2) is 41.8 Å². The Labute approximate surface area is 200 Å². The molecule has 7 nitrogen and oxygen atoms in total. The molecule has 2 amide bonds. The predicted octanol–water partition coefficient (Wildman–Crippen LogP) is 4.84. The number of carboxylic acids is 1. The van der Waals surface area contributed by atoms with Crippen LogP contribution >= 0.6 is 0 Å². The molecule has 1 aliphatic rings. The van der Waals surface area contributed by atoms with Gasteiger partial charge in [-0.25, -0.2) is 9.59 Å². The summed E-state index contributed by atoms with van der Waals surface area (Å²) in [5.41, 5.74) is 4.58. The van der Waals surface area contributed by atoms with Crippen molar-refractivity contribution < 1.29 is 24.2 Å². The number of benzene rings is 2. The van der Waals surface area contributed by atoms with Crippen molar-refractivity contribution in [2.45, 2.75) is 70.4 Å². The van der Waals surface area contributed by atoms with E-state index in [4.69, 9.17) is 4.74 Å². The van der Waals surface area contributed by atoms with E-state index in [1.807, 2.05) is 38.1 Å². The van der Waals surface area contributed by atoms with Gasteiger partial charge in [-0.05, 0) is 35.1 Å². The van der Waals surface area contributed by atoms with Gasteiger partial charge in [0, 0.05) is 18.4 Å². The Bertz CT molecular complexity index is 961. The molecule has 2 atom stereocenters. The number of carbonyl (C=O) groups is 3. The lowest BCUT2D eigenvalue weighted by molar-refractivity contribution is -0.142. The van der Waals surface area contributed by atoms with Gasteiger partial charge >= 0.3 is 12.1 Å². The zero-order chi connectivity index (χ0) is 24.5. The molecule has 2 aromatic carbocycles. The highest BCUT2D eigenvalue weighted by Crippen LogP contribution is 2.44. The van der Waals surface area contributed by atoms with E-state index < -0.39 is 24.1 Å². The summed E-state index contributed by atoms with van der Waals surface area (Å²) in [5.74, 6) is -1.48. The molecule has 0 unspecified atom stereocenters. The van der Waals surface area contributed by atoms with Gasteiger partial charge in [-0.2, -0.15) is 0 Å². The zero-order valence-corrected chi connectivity index (χ0v) is 19.9. The Morgan fingerprint density at radius 1 is 0.912 bits per heavy atom. The Balaban J connectivity index is 1.60. The first-order valence-electron chi connectivity index (χ1n) is 12.1. The van der Waals surface area contributed by atoms with Gasteiger partial charge in [-0.3, -0.25) is 4.79 Å². The maximum Gasteiger partial charge on any atom is 0.407 e. The second-order valence-corrected chi connectivity index (χ2v) is 8.76. The third-order valence-electron chi connectivity index (χ3n) is 6.21. The molecule has 0 saturated heterocycles. The lowest BCUT2D eigenvalue weighted by Gasteiger charge is -2.21.